The molecule has 168 valence electrons. The van der Waals surface area contributed by atoms with E-state index in [-0.39, 0.29) is 0 Å². The first-order valence-corrected chi connectivity index (χ1v) is 12.6. The van der Waals surface area contributed by atoms with Gasteiger partial charge in [0, 0.05) is 31.4 Å². The first kappa shape index (κ1) is 21.2. The third-order valence-corrected chi connectivity index (χ3v) is 9.28. The molecule has 5 rings (SSSR count). The van der Waals surface area contributed by atoms with Gasteiger partial charge in [0.05, 0.1) is 10.6 Å². The Bertz CT molecular complexity index is 1250. The fraction of sp³-hybridized carbons (Fsp3) is 0.400. The summed E-state index contributed by atoms with van der Waals surface area (Å²) in [5.41, 5.74) is 1.11. The second-order valence-corrected chi connectivity index (χ2v) is 11.2. The van der Waals surface area contributed by atoms with Gasteiger partial charge in [-0.25, -0.2) is 13.4 Å². The molecular weight excluding hydrogens is 422 g/mol. The van der Waals surface area contributed by atoms with E-state index in [0.717, 1.165) is 24.0 Å². The lowest BCUT2D eigenvalue weighted by atomic mass is 9.68. The van der Waals surface area contributed by atoms with E-state index in [0.29, 0.717) is 42.2 Å². The van der Waals surface area contributed by atoms with E-state index in [9.17, 15) is 13.5 Å². The molecule has 1 N–H and O–H groups in total. The van der Waals surface area contributed by atoms with Crippen molar-refractivity contribution in [3.05, 3.63) is 77.9 Å². The van der Waals surface area contributed by atoms with Gasteiger partial charge in [0.2, 0.25) is 0 Å². The van der Waals surface area contributed by atoms with Gasteiger partial charge in [-0.05, 0) is 62.8 Å². The highest BCUT2D eigenvalue weighted by molar-refractivity contribution is 7.92. The predicted octanol–water partition coefficient (Wildman–Crippen LogP) is 3.93. The van der Waals surface area contributed by atoms with Crippen molar-refractivity contribution in [2.45, 2.75) is 49.5 Å². The molecule has 1 aromatic heterocycles. The van der Waals surface area contributed by atoms with Crippen molar-refractivity contribution in [2.75, 3.05) is 10.8 Å². The highest BCUT2D eigenvalue weighted by atomic mass is 32.2. The molecule has 1 aliphatic carbocycles. The van der Waals surface area contributed by atoms with Crippen LogP contribution in [0.3, 0.4) is 0 Å². The van der Waals surface area contributed by atoms with E-state index in [4.69, 9.17) is 0 Å². The summed E-state index contributed by atoms with van der Waals surface area (Å²) in [6.45, 7) is 2.26. The number of para-hydroxylation sites is 1. The number of aromatic nitrogens is 2. The fourth-order valence-corrected chi connectivity index (χ4v) is 7.22. The number of nitrogens with zero attached hydrogens (tertiary/aromatic N) is 3. The van der Waals surface area contributed by atoms with E-state index < -0.39 is 21.0 Å². The zero-order chi connectivity index (χ0) is 22.6. The number of rotatable bonds is 3. The van der Waals surface area contributed by atoms with Gasteiger partial charge in [0.1, 0.15) is 11.4 Å². The third kappa shape index (κ3) is 3.10. The number of imidazole rings is 1. The molecule has 7 heteroatoms. The smallest absolute Gasteiger partial charge is 0.264 e. The Labute approximate surface area is 189 Å². The van der Waals surface area contributed by atoms with Gasteiger partial charge < -0.3 is 9.67 Å². The summed E-state index contributed by atoms with van der Waals surface area (Å²) >= 11 is 0. The van der Waals surface area contributed by atoms with Crippen LogP contribution in [-0.2, 0) is 29.1 Å². The highest BCUT2D eigenvalue weighted by Gasteiger charge is 2.57. The molecule has 1 spiro atoms. The molecule has 2 heterocycles. The van der Waals surface area contributed by atoms with E-state index in [1.807, 2.05) is 61.1 Å². The minimum Gasteiger partial charge on any atom is -0.381 e. The number of fused-ring (bicyclic) bond motifs is 1. The number of hydrogen-bond acceptors (Lipinski definition) is 4. The van der Waals surface area contributed by atoms with Crippen LogP contribution in [0.2, 0.25) is 0 Å². The van der Waals surface area contributed by atoms with Crippen LogP contribution in [0.15, 0.2) is 65.8 Å². The van der Waals surface area contributed by atoms with Crippen LogP contribution in [0.5, 0.6) is 0 Å². The van der Waals surface area contributed by atoms with Gasteiger partial charge in [0.15, 0.2) is 0 Å². The Balaban J connectivity index is 1.61. The Morgan fingerprint density at radius 1 is 1.03 bits per heavy atom. The molecule has 2 atom stereocenters. The molecule has 0 amide bonds. The molecule has 0 saturated heterocycles. The molecule has 0 radical (unpaired) electrons. The van der Waals surface area contributed by atoms with Crippen molar-refractivity contribution < 1.29 is 13.5 Å². The maximum atomic E-state index is 13.7. The summed E-state index contributed by atoms with van der Waals surface area (Å²) in [6.07, 6.45) is 7.11. The van der Waals surface area contributed by atoms with Crippen LogP contribution in [0.1, 0.15) is 42.6 Å². The van der Waals surface area contributed by atoms with Crippen molar-refractivity contribution in [1.29, 1.82) is 0 Å². The molecular formula is C25H29N3O3S. The Morgan fingerprint density at radius 2 is 1.78 bits per heavy atom. The zero-order valence-corrected chi connectivity index (χ0v) is 19.3. The lowest BCUT2D eigenvalue weighted by molar-refractivity contribution is -0.0795. The van der Waals surface area contributed by atoms with E-state index in [2.05, 4.69) is 4.98 Å². The number of benzene rings is 2. The topological polar surface area (TPSA) is 75.4 Å². The number of hydrogen-bond donors (Lipinski definition) is 1. The molecule has 2 aliphatic rings. The van der Waals surface area contributed by atoms with Crippen molar-refractivity contribution in [3.8, 4) is 0 Å². The number of anilines is 1. The van der Waals surface area contributed by atoms with Gasteiger partial charge in [-0.3, -0.25) is 4.31 Å². The Hall–Kier alpha value is -2.64. The maximum absolute atomic E-state index is 13.7. The van der Waals surface area contributed by atoms with E-state index in [1.165, 1.54) is 0 Å². The molecule has 32 heavy (non-hydrogen) atoms. The maximum Gasteiger partial charge on any atom is 0.264 e. The van der Waals surface area contributed by atoms with Crippen LogP contribution in [-0.4, -0.2) is 29.6 Å². The summed E-state index contributed by atoms with van der Waals surface area (Å²) in [5, 5.41) is 12.0. The van der Waals surface area contributed by atoms with Gasteiger partial charge >= 0.3 is 0 Å². The quantitative estimate of drug-likeness (QED) is 0.655. The largest absolute Gasteiger partial charge is 0.381 e. The summed E-state index contributed by atoms with van der Waals surface area (Å²) in [4.78, 5) is 4.80. The molecule has 3 aromatic rings. The fourth-order valence-electron chi connectivity index (χ4n) is 5.71. The Morgan fingerprint density at radius 3 is 2.50 bits per heavy atom. The third-order valence-electron chi connectivity index (χ3n) is 7.45. The second kappa shape index (κ2) is 7.46. The Kier molecular flexibility index (Phi) is 4.94. The molecule has 1 aliphatic heterocycles. The molecule has 1 fully saturated rings. The summed E-state index contributed by atoms with van der Waals surface area (Å²) in [5.74, 6) is 0.669. The predicted molar refractivity (Wildman–Crippen MR) is 124 cm³/mol. The summed E-state index contributed by atoms with van der Waals surface area (Å²) in [6, 6.07) is 14.7. The average Bonchev–Trinajstić information content (AvgIpc) is 3.27. The van der Waals surface area contributed by atoms with Crippen molar-refractivity contribution in [1.82, 2.24) is 9.55 Å². The van der Waals surface area contributed by atoms with Gasteiger partial charge in [0.25, 0.3) is 10.0 Å². The van der Waals surface area contributed by atoms with Crippen LogP contribution in [0.4, 0.5) is 5.69 Å². The monoisotopic (exact) mass is 451 g/mol. The van der Waals surface area contributed by atoms with Gasteiger partial charge in [-0.2, -0.15) is 0 Å². The zero-order valence-electron chi connectivity index (χ0n) is 18.5. The van der Waals surface area contributed by atoms with Crippen LogP contribution in [0.25, 0.3) is 0 Å². The number of aliphatic hydroxyl groups is 1. The van der Waals surface area contributed by atoms with Crippen molar-refractivity contribution in [3.63, 3.8) is 0 Å². The molecule has 2 aromatic carbocycles. The normalized spacial score (nSPS) is 25.7. The van der Waals surface area contributed by atoms with Crippen LogP contribution >= 0.6 is 0 Å². The van der Waals surface area contributed by atoms with E-state index in [1.54, 1.807) is 22.6 Å². The van der Waals surface area contributed by atoms with Crippen LogP contribution in [0, 0.1) is 12.3 Å². The molecule has 2 unspecified atom stereocenters. The first-order valence-electron chi connectivity index (χ1n) is 11.1. The molecule has 6 nitrogen and oxygen atoms in total. The minimum atomic E-state index is -3.73. The lowest BCUT2D eigenvalue weighted by Crippen LogP contribution is -2.45. The average molecular weight is 452 g/mol. The van der Waals surface area contributed by atoms with Gasteiger partial charge in [-0.15, -0.1) is 0 Å². The van der Waals surface area contributed by atoms with Gasteiger partial charge in [-0.1, -0.05) is 35.9 Å². The molecule has 0 bridgehead atoms. The molecule has 1 saturated carbocycles. The standard InChI is InChI=1S/C25H29N3O3S/c1-19-8-10-21(11-9-19)32(30,31)28-16-14-24(18-20-6-3-4-7-22(20)28)12-5-13-25(24,29)23-26-15-17-27(23)2/h3-4,6-11,15,17,29H,5,12-14,16,18H2,1-2H3. The van der Waals surface area contributed by atoms with Crippen molar-refractivity contribution >= 4 is 15.7 Å². The second-order valence-electron chi connectivity index (χ2n) is 9.30. The lowest BCUT2D eigenvalue weighted by Gasteiger charge is -2.41. The van der Waals surface area contributed by atoms with Crippen molar-refractivity contribution in [2.24, 2.45) is 12.5 Å². The first-order chi connectivity index (χ1) is 15.3. The number of aryl methyl sites for hydroxylation is 2. The highest BCUT2D eigenvalue weighted by Crippen LogP contribution is 2.58. The summed E-state index contributed by atoms with van der Waals surface area (Å²) < 4.78 is 30.9. The summed E-state index contributed by atoms with van der Waals surface area (Å²) in [7, 11) is -1.82. The number of sulfonamides is 1. The SMILES string of the molecule is Cc1ccc(S(=O)(=O)N2CCC3(CCCC3(O)c3nccn3C)Cc3ccccc32)cc1. The minimum absolute atomic E-state index is 0.291. The van der Waals surface area contributed by atoms with Crippen LogP contribution < -0.4 is 4.31 Å². The van der Waals surface area contributed by atoms with E-state index >= 15 is 0 Å².